The van der Waals surface area contributed by atoms with Crippen molar-refractivity contribution >= 4 is 23.2 Å². The highest BCUT2D eigenvalue weighted by Gasteiger charge is 2.24. The molecule has 0 aliphatic heterocycles. The predicted molar refractivity (Wildman–Crippen MR) is 92.7 cm³/mol. The maximum absolute atomic E-state index is 11.3. The van der Waals surface area contributed by atoms with E-state index in [0.717, 1.165) is 24.1 Å². The summed E-state index contributed by atoms with van der Waals surface area (Å²) in [5.41, 5.74) is 2.37. The molecule has 0 amide bonds. The van der Waals surface area contributed by atoms with E-state index in [4.69, 9.17) is 4.74 Å². The fraction of sp³-hybridized carbons (Fsp3) is 0.333. The van der Waals surface area contributed by atoms with Crippen LogP contribution in [0.2, 0.25) is 0 Å². The highest BCUT2D eigenvalue weighted by molar-refractivity contribution is 5.67. The van der Waals surface area contributed by atoms with E-state index in [1.807, 2.05) is 0 Å². The Balaban J connectivity index is 1.78. The van der Waals surface area contributed by atoms with E-state index in [1.54, 1.807) is 30.3 Å². The van der Waals surface area contributed by atoms with Gasteiger partial charge in [0, 0.05) is 30.3 Å². The van der Waals surface area contributed by atoms with E-state index >= 15 is 0 Å². The van der Waals surface area contributed by atoms with Crippen LogP contribution in [0.4, 0.5) is 17.2 Å². The lowest BCUT2D eigenvalue weighted by Gasteiger charge is -2.25. The van der Waals surface area contributed by atoms with Gasteiger partial charge in [-0.05, 0) is 36.6 Å². The van der Waals surface area contributed by atoms with Crippen LogP contribution >= 0.6 is 0 Å². The minimum Gasteiger partial charge on any atom is -0.461 e. The quantitative estimate of drug-likeness (QED) is 0.483. The molecule has 1 aliphatic carbocycles. The molecule has 0 saturated heterocycles. The highest BCUT2D eigenvalue weighted by atomic mass is 16.6. The summed E-state index contributed by atoms with van der Waals surface area (Å²) in [6, 6.07) is 10.4. The first kappa shape index (κ1) is 16.9. The first-order chi connectivity index (χ1) is 12.0. The molecule has 1 heterocycles. The number of pyridine rings is 1. The topological polar surface area (TPSA) is 94.4 Å². The second kappa shape index (κ2) is 7.29. The number of carbonyl (C=O) groups excluding carboxylic acids is 1. The first-order valence-corrected chi connectivity index (χ1v) is 8.17. The normalized spacial score (nSPS) is 13.8. The zero-order valence-corrected chi connectivity index (χ0v) is 13.9. The van der Waals surface area contributed by atoms with E-state index in [1.165, 1.54) is 19.4 Å². The van der Waals surface area contributed by atoms with E-state index in [0.29, 0.717) is 11.6 Å². The molecule has 2 aromatic rings. The lowest BCUT2D eigenvalue weighted by atomic mass is 9.82. The van der Waals surface area contributed by atoms with Gasteiger partial charge in [0.1, 0.15) is 6.61 Å². The number of nitrogens with one attached hydrogen (secondary N) is 1. The number of aromatic nitrogens is 1. The van der Waals surface area contributed by atoms with Crippen LogP contribution in [0.1, 0.15) is 43.4 Å². The fourth-order valence-corrected chi connectivity index (χ4v) is 2.64. The largest absolute Gasteiger partial charge is 0.461 e. The van der Waals surface area contributed by atoms with E-state index in [2.05, 4.69) is 10.3 Å². The van der Waals surface area contributed by atoms with Crippen molar-refractivity contribution in [2.24, 2.45) is 0 Å². The molecule has 1 fully saturated rings. The van der Waals surface area contributed by atoms with Crippen molar-refractivity contribution in [3.63, 3.8) is 0 Å². The molecule has 7 heteroatoms. The molecule has 0 unspecified atom stereocenters. The number of benzene rings is 1. The Morgan fingerprint density at radius 3 is 2.56 bits per heavy atom. The summed E-state index contributed by atoms with van der Waals surface area (Å²) in [4.78, 5) is 26.1. The molecule has 25 heavy (non-hydrogen) atoms. The van der Waals surface area contributed by atoms with Crippen molar-refractivity contribution in [1.82, 2.24) is 4.98 Å². The fourth-order valence-electron chi connectivity index (χ4n) is 2.64. The average Bonchev–Trinajstić information content (AvgIpc) is 2.52. The number of rotatable bonds is 6. The Kier molecular flexibility index (Phi) is 4.92. The SMILES string of the molecule is CC(=O)OCc1ccc(Nc2nc(C3CCC3)ccc2[N+](=O)[O-])cc1. The van der Waals surface area contributed by atoms with Gasteiger partial charge in [0.25, 0.3) is 0 Å². The van der Waals surface area contributed by atoms with Crippen LogP contribution in [0, 0.1) is 10.1 Å². The van der Waals surface area contributed by atoms with Gasteiger partial charge in [-0.1, -0.05) is 18.6 Å². The van der Waals surface area contributed by atoms with Gasteiger partial charge >= 0.3 is 11.7 Å². The summed E-state index contributed by atoms with van der Waals surface area (Å²) in [6.07, 6.45) is 3.33. The minimum absolute atomic E-state index is 0.0490. The number of hydrogen-bond acceptors (Lipinski definition) is 6. The number of anilines is 2. The van der Waals surface area contributed by atoms with Crippen LogP contribution in [-0.2, 0) is 16.1 Å². The molecule has 0 bridgehead atoms. The third-order valence-corrected chi connectivity index (χ3v) is 4.27. The minimum atomic E-state index is -0.436. The van der Waals surface area contributed by atoms with Crippen molar-refractivity contribution in [2.75, 3.05) is 5.32 Å². The number of ether oxygens (including phenoxy) is 1. The third kappa shape index (κ3) is 4.12. The van der Waals surface area contributed by atoms with Crippen molar-refractivity contribution in [3.05, 3.63) is 57.8 Å². The summed E-state index contributed by atoms with van der Waals surface area (Å²) in [6.45, 7) is 1.56. The van der Waals surface area contributed by atoms with Crippen molar-refractivity contribution < 1.29 is 14.5 Å². The van der Waals surface area contributed by atoms with Crippen molar-refractivity contribution in [3.8, 4) is 0 Å². The van der Waals surface area contributed by atoms with Crippen molar-refractivity contribution in [2.45, 2.75) is 38.7 Å². The maximum atomic E-state index is 11.3. The molecule has 1 aromatic carbocycles. The van der Waals surface area contributed by atoms with Crippen LogP contribution in [0.15, 0.2) is 36.4 Å². The summed E-state index contributed by atoms with van der Waals surface area (Å²) in [5, 5.41) is 14.3. The number of hydrogen-bond donors (Lipinski definition) is 1. The van der Waals surface area contributed by atoms with Gasteiger partial charge in [0.15, 0.2) is 0 Å². The summed E-state index contributed by atoms with van der Waals surface area (Å²) in [5.74, 6) is 0.310. The summed E-state index contributed by atoms with van der Waals surface area (Å²) in [7, 11) is 0. The maximum Gasteiger partial charge on any atom is 0.311 e. The molecule has 1 saturated carbocycles. The molecule has 3 rings (SSSR count). The molecule has 7 nitrogen and oxygen atoms in total. The Labute approximate surface area is 145 Å². The summed E-state index contributed by atoms with van der Waals surface area (Å²) >= 11 is 0. The lowest BCUT2D eigenvalue weighted by molar-refractivity contribution is -0.384. The molecule has 0 atom stereocenters. The van der Waals surface area contributed by atoms with Gasteiger partial charge in [0.05, 0.1) is 4.92 Å². The van der Waals surface area contributed by atoms with E-state index in [-0.39, 0.29) is 24.1 Å². The van der Waals surface area contributed by atoms with Gasteiger partial charge < -0.3 is 10.1 Å². The van der Waals surface area contributed by atoms with Gasteiger partial charge in [0.2, 0.25) is 5.82 Å². The lowest BCUT2D eigenvalue weighted by Crippen LogP contribution is -2.12. The van der Waals surface area contributed by atoms with Crippen LogP contribution < -0.4 is 5.32 Å². The molecule has 130 valence electrons. The molecule has 1 aromatic heterocycles. The predicted octanol–water partition coefficient (Wildman–Crippen LogP) is 4.06. The Hall–Kier alpha value is -2.96. The van der Waals surface area contributed by atoms with Crippen LogP contribution in [-0.4, -0.2) is 15.9 Å². The standard InChI is InChI=1S/C18H19N3O4/c1-12(22)25-11-13-5-7-15(8-6-13)19-18-17(21(23)24)10-9-16(20-18)14-3-2-4-14/h5-10,14H,2-4,11H2,1H3,(H,19,20). The number of esters is 1. The Morgan fingerprint density at radius 2 is 2.00 bits per heavy atom. The molecule has 0 radical (unpaired) electrons. The second-order valence-electron chi connectivity index (χ2n) is 6.09. The van der Waals surface area contributed by atoms with Crippen LogP contribution in [0.25, 0.3) is 0 Å². The first-order valence-electron chi connectivity index (χ1n) is 8.17. The molecular formula is C18H19N3O4. The zero-order chi connectivity index (χ0) is 17.8. The Morgan fingerprint density at radius 1 is 1.28 bits per heavy atom. The van der Waals surface area contributed by atoms with Gasteiger partial charge in [-0.3, -0.25) is 14.9 Å². The Bertz CT molecular complexity index is 785. The highest BCUT2D eigenvalue weighted by Crippen LogP contribution is 2.37. The average molecular weight is 341 g/mol. The van der Waals surface area contributed by atoms with Gasteiger partial charge in [-0.2, -0.15) is 0 Å². The zero-order valence-electron chi connectivity index (χ0n) is 13.9. The van der Waals surface area contributed by atoms with Crippen LogP contribution in [0.5, 0.6) is 0 Å². The number of nitrogens with zero attached hydrogens (tertiary/aromatic N) is 2. The third-order valence-electron chi connectivity index (χ3n) is 4.27. The summed E-state index contributed by atoms with van der Waals surface area (Å²) < 4.78 is 4.94. The molecule has 0 spiro atoms. The van der Waals surface area contributed by atoms with Crippen LogP contribution in [0.3, 0.4) is 0 Å². The monoisotopic (exact) mass is 341 g/mol. The molecule has 1 aliphatic rings. The second-order valence-corrected chi connectivity index (χ2v) is 6.09. The molecular weight excluding hydrogens is 322 g/mol. The number of carbonyl (C=O) groups is 1. The van der Waals surface area contributed by atoms with Gasteiger partial charge in [-0.25, -0.2) is 4.98 Å². The smallest absolute Gasteiger partial charge is 0.311 e. The molecule has 1 N–H and O–H groups in total. The van der Waals surface area contributed by atoms with Crippen molar-refractivity contribution in [1.29, 1.82) is 0 Å². The van der Waals surface area contributed by atoms with Gasteiger partial charge in [-0.15, -0.1) is 0 Å². The van der Waals surface area contributed by atoms with E-state index in [9.17, 15) is 14.9 Å². The van der Waals surface area contributed by atoms with E-state index < -0.39 is 4.92 Å². The number of nitro groups is 1.